The first-order valence-electron chi connectivity index (χ1n) is 8.43. The van der Waals surface area contributed by atoms with Gasteiger partial charge in [0.1, 0.15) is 0 Å². The van der Waals surface area contributed by atoms with E-state index in [1.165, 1.54) is 11.1 Å². The molecule has 0 bridgehead atoms. The van der Waals surface area contributed by atoms with Crippen LogP contribution in [0.1, 0.15) is 61.8 Å². The van der Waals surface area contributed by atoms with Crippen LogP contribution in [0.25, 0.3) is 0 Å². The van der Waals surface area contributed by atoms with Gasteiger partial charge in [-0.05, 0) is 49.8 Å². The monoisotopic (exact) mass is 315 g/mol. The molecule has 1 N–H and O–H groups in total. The molecule has 0 fully saturated rings. The third-order valence-electron chi connectivity index (χ3n) is 4.42. The summed E-state index contributed by atoms with van der Waals surface area (Å²) in [5.41, 5.74) is 6.00. The summed E-state index contributed by atoms with van der Waals surface area (Å²) in [5.74, 6) is 0. The van der Waals surface area contributed by atoms with Crippen LogP contribution >= 0.6 is 0 Å². The lowest BCUT2D eigenvalue weighted by Crippen LogP contribution is -2.18. The fourth-order valence-corrected chi connectivity index (χ4v) is 2.37. The van der Waals surface area contributed by atoms with Gasteiger partial charge in [0, 0.05) is 18.2 Å². The van der Waals surface area contributed by atoms with Gasteiger partial charge in [-0.15, -0.1) is 0 Å². The first-order valence-corrected chi connectivity index (χ1v) is 8.43. The van der Waals surface area contributed by atoms with E-state index in [-0.39, 0.29) is 10.8 Å². The van der Waals surface area contributed by atoms with E-state index in [2.05, 4.69) is 85.2 Å². The fraction of sp³-hybridized carbons (Fsp3) is 0.545. The lowest BCUT2D eigenvalue weighted by Gasteiger charge is -2.30. The maximum Gasteiger partial charge on any atom is 0.0105 e. The Bertz CT molecular complexity index is 531. The van der Waals surface area contributed by atoms with Crippen LogP contribution in [0.4, 0.5) is 0 Å². The summed E-state index contributed by atoms with van der Waals surface area (Å²) >= 11 is 0. The normalized spacial score (nSPS) is 14.7. The molecule has 1 nitrogen and oxygen atoms in total. The van der Waals surface area contributed by atoms with E-state index in [1.54, 1.807) is 0 Å². The van der Waals surface area contributed by atoms with Crippen molar-refractivity contribution in [2.24, 2.45) is 10.8 Å². The van der Waals surface area contributed by atoms with Gasteiger partial charge in [0.05, 0.1) is 0 Å². The van der Waals surface area contributed by atoms with E-state index in [0.717, 1.165) is 23.3 Å². The summed E-state index contributed by atoms with van der Waals surface area (Å²) in [4.78, 5) is 0. The highest BCUT2D eigenvalue weighted by Crippen LogP contribution is 2.39. The van der Waals surface area contributed by atoms with E-state index in [4.69, 9.17) is 0 Å². The predicted molar refractivity (Wildman–Crippen MR) is 106 cm³/mol. The minimum absolute atomic E-state index is 0.117. The molecule has 130 valence electrons. The second-order valence-electron chi connectivity index (χ2n) is 8.13. The summed E-state index contributed by atoms with van der Waals surface area (Å²) in [7, 11) is 1.92. The van der Waals surface area contributed by atoms with Gasteiger partial charge in [0.15, 0.2) is 0 Å². The maximum absolute atomic E-state index is 4.31. The second-order valence-corrected chi connectivity index (χ2v) is 8.13. The lowest BCUT2D eigenvalue weighted by molar-refractivity contribution is 0.412. The van der Waals surface area contributed by atoms with Crippen molar-refractivity contribution in [1.29, 1.82) is 0 Å². The Balaban J connectivity index is 5.44. The van der Waals surface area contributed by atoms with E-state index in [0.29, 0.717) is 0 Å². The molecule has 0 aromatic rings. The Morgan fingerprint density at radius 3 is 1.91 bits per heavy atom. The van der Waals surface area contributed by atoms with E-state index in [1.807, 2.05) is 14.0 Å². The number of allylic oxidation sites excluding steroid dienone is 8. The molecule has 0 atom stereocenters. The van der Waals surface area contributed by atoms with Crippen molar-refractivity contribution in [3.8, 4) is 0 Å². The third-order valence-corrected chi connectivity index (χ3v) is 4.42. The van der Waals surface area contributed by atoms with Gasteiger partial charge in [0.2, 0.25) is 0 Å². The van der Waals surface area contributed by atoms with E-state index < -0.39 is 0 Å². The average molecular weight is 316 g/mol. The number of hydrogen-bond donors (Lipinski definition) is 1. The van der Waals surface area contributed by atoms with Crippen molar-refractivity contribution in [1.82, 2.24) is 5.32 Å². The smallest absolute Gasteiger partial charge is 0.0105 e. The first-order chi connectivity index (χ1) is 10.3. The molecule has 0 amide bonds. The van der Waals surface area contributed by atoms with Gasteiger partial charge in [0.25, 0.3) is 0 Å². The van der Waals surface area contributed by atoms with Gasteiger partial charge in [-0.1, -0.05) is 71.1 Å². The molecule has 0 heterocycles. The molecule has 0 spiro atoms. The minimum atomic E-state index is -0.117. The zero-order valence-corrected chi connectivity index (χ0v) is 16.9. The van der Waals surface area contributed by atoms with Gasteiger partial charge in [-0.25, -0.2) is 0 Å². The molecule has 0 aliphatic heterocycles. The molecule has 1 heteroatoms. The van der Waals surface area contributed by atoms with E-state index >= 15 is 0 Å². The van der Waals surface area contributed by atoms with Crippen molar-refractivity contribution in [3.63, 3.8) is 0 Å². The molecule has 0 aliphatic rings. The summed E-state index contributed by atoms with van der Waals surface area (Å²) < 4.78 is 0. The molecule has 0 radical (unpaired) electrons. The van der Waals surface area contributed by atoms with Crippen LogP contribution in [-0.2, 0) is 0 Å². The van der Waals surface area contributed by atoms with Gasteiger partial charge >= 0.3 is 0 Å². The van der Waals surface area contributed by atoms with Gasteiger partial charge in [-0.2, -0.15) is 0 Å². The highest BCUT2D eigenvalue weighted by Gasteiger charge is 2.25. The standard InChI is InChI=1S/C22H37N/c1-12-20(15-21(6,7)8)14-17(3)22(9,10)19(5)16(2)13-18(4)23-11/h12-14,23H,2,5,15H2,1,3-4,6-11H3/b17-14+,18-13-,20-12+. The Labute approximate surface area is 145 Å². The molecular weight excluding hydrogens is 278 g/mol. The molecule has 0 saturated carbocycles. The van der Waals surface area contributed by atoms with Gasteiger partial charge < -0.3 is 5.32 Å². The Hall–Kier alpha value is -1.50. The molecule has 0 aromatic carbocycles. The summed E-state index contributed by atoms with van der Waals surface area (Å²) in [5, 5.41) is 3.13. The van der Waals surface area contributed by atoms with Gasteiger partial charge in [-0.3, -0.25) is 0 Å². The van der Waals surface area contributed by atoms with Crippen molar-refractivity contribution in [3.05, 3.63) is 59.4 Å². The largest absolute Gasteiger partial charge is 0.392 e. The molecule has 0 saturated heterocycles. The zero-order chi connectivity index (χ0) is 18.4. The second kappa shape index (κ2) is 8.38. The Morgan fingerprint density at radius 2 is 1.52 bits per heavy atom. The van der Waals surface area contributed by atoms with E-state index in [9.17, 15) is 0 Å². The lowest BCUT2D eigenvalue weighted by atomic mass is 9.74. The molecular formula is C22H37N. The van der Waals surface area contributed by atoms with Crippen molar-refractivity contribution < 1.29 is 0 Å². The Morgan fingerprint density at radius 1 is 1.00 bits per heavy atom. The highest BCUT2D eigenvalue weighted by molar-refractivity contribution is 5.45. The quantitative estimate of drug-likeness (QED) is 0.523. The summed E-state index contributed by atoms with van der Waals surface area (Å²) in [6.45, 7) is 26.1. The number of rotatable bonds is 7. The summed E-state index contributed by atoms with van der Waals surface area (Å²) in [6, 6.07) is 0. The highest BCUT2D eigenvalue weighted by atomic mass is 14.8. The molecule has 0 aromatic heterocycles. The van der Waals surface area contributed by atoms with Crippen LogP contribution in [0.3, 0.4) is 0 Å². The van der Waals surface area contributed by atoms with Crippen LogP contribution in [0, 0.1) is 10.8 Å². The first kappa shape index (κ1) is 21.5. The minimum Gasteiger partial charge on any atom is -0.392 e. The molecule has 23 heavy (non-hydrogen) atoms. The van der Waals surface area contributed by atoms with Crippen LogP contribution < -0.4 is 5.32 Å². The third kappa shape index (κ3) is 7.07. The maximum atomic E-state index is 4.31. The van der Waals surface area contributed by atoms with Crippen LogP contribution in [0.5, 0.6) is 0 Å². The fourth-order valence-electron chi connectivity index (χ4n) is 2.37. The molecule has 0 unspecified atom stereocenters. The van der Waals surface area contributed by atoms with Crippen LogP contribution in [0.15, 0.2) is 59.4 Å². The summed E-state index contributed by atoms with van der Waals surface area (Å²) in [6.07, 6.45) is 7.66. The van der Waals surface area contributed by atoms with Crippen molar-refractivity contribution in [2.45, 2.75) is 61.8 Å². The number of hydrogen-bond acceptors (Lipinski definition) is 1. The van der Waals surface area contributed by atoms with Crippen molar-refractivity contribution >= 4 is 0 Å². The molecule has 0 aliphatic carbocycles. The number of nitrogens with one attached hydrogen (secondary N) is 1. The SMILES string of the molecule is C=C(/C=C(/C)NC)C(=C)C(C)(C)/C(C)=C/C(=C\C)CC(C)(C)C. The average Bonchev–Trinajstić information content (AvgIpc) is 2.43. The zero-order valence-electron chi connectivity index (χ0n) is 16.9. The molecule has 0 rings (SSSR count). The van der Waals surface area contributed by atoms with Crippen LogP contribution in [-0.4, -0.2) is 7.05 Å². The Kier molecular flexibility index (Phi) is 7.83. The van der Waals surface area contributed by atoms with Crippen molar-refractivity contribution in [2.75, 3.05) is 7.05 Å². The van der Waals surface area contributed by atoms with Crippen LogP contribution in [0.2, 0.25) is 0 Å². The predicted octanol–water partition coefficient (Wildman–Crippen LogP) is 6.58. The topological polar surface area (TPSA) is 12.0 Å².